The van der Waals surface area contributed by atoms with Crippen LogP contribution in [0, 0.1) is 5.92 Å². The van der Waals surface area contributed by atoms with Crippen molar-refractivity contribution in [1.82, 2.24) is 0 Å². The van der Waals surface area contributed by atoms with E-state index in [0.717, 1.165) is 5.56 Å². The van der Waals surface area contributed by atoms with E-state index in [0.29, 0.717) is 12.0 Å². The molecule has 0 aromatic heterocycles. The first-order chi connectivity index (χ1) is 17.2. The van der Waals surface area contributed by atoms with Crippen LogP contribution in [0.3, 0.4) is 0 Å². The average Bonchev–Trinajstić information content (AvgIpc) is 2.88. The summed E-state index contributed by atoms with van der Waals surface area (Å²) in [5, 5.41) is 40.2. The van der Waals surface area contributed by atoms with Gasteiger partial charge >= 0.3 is 11.9 Å². The standard InChI is InChI=1S/C25H32O11/c1-3-15-11-33-12-18(24(31)32-2)17(15)10-20(27)35-13-19-21(28)22(29)23(30)25(36-19)34-9-8-14-4-6-16(26)7-5-14/h3-7,12,17,19,21-23,25-26,28-30H,8-11,13H2,1-2H3/b15-3+/t17-,19?,21?,22?,23?,25?/m0/s1. The molecule has 1 fully saturated rings. The lowest BCUT2D eigenvalue weighted by molar-refractivity contribution is -0.301. The molecule has 2 aliphatic rings. The maximum Gasteiger partial charge on any atom is 0.337 e. The molecule has 1 aromatic carbocycles. The van der Waals surface area contributed by atoms with Crippen molar-refractivity contribution in [3.8, 4) is 5.75 Å². The number of phenols is 1. The van der Waals surface area contributed by atoms with E-state index in [-0.39, 0.29) is 31.0 Å². The highest BCUT2D eigenvalue weighted by atomic mass is 16.7. The highest BCUT2D eigenvalue weighted by Gasteiger charge is 2.45. The molecule has 0 amide bonds. The number of carbonyl (C=O) groups excluding carboxylic acids is 2. The summed E-state index contributed by atoms with van der Waals surface area (Å²) >= 11 is 0. The minimum atomic E-state index is -1.58. The van der Waals surface area contributed by atoms with Gasteiger partial charge in [-0.25, -0.2) is 4.79 Å². The van der Waals surface area contributed by atoms with Gasteiger partial charge in [0.25, 0.3) is 0 Å². The number of benzene rings is 1. The van der Waals surface area contributed by atoms with E-state index in [4.69, 9.17) is 23.7 Å². The van der Waals surface area contributed by atoms with E-state index in [1.807, 2.05) is 0 Å². The zero-order valence-corrected chi connectivity index (χ0v) is 20.1. The van der Waals surface area contributed by atoms with Gasteiger partial charge in [-0.15, -0.1) is 0 Å². The molecule has 5 unspecified atom stereocenters. The van der Waals surface area contributed by atoms with Crippen LogP contribution in [-0.4, -0.2) is 90.0 Å². The van der Waals surface area contributed by atoms with Crippen molar-refractivity contribution in [1.29, 1.82) is 0 Å². The van der Waals surface area contributed by atoms with Crippen molar-refractivity contribution in [2.75, 3.05) is 26.9 Å². The number of aliphatic hydroxyl groups excluding tert-OH is 3. The van der Waals surface area contributed by atoms with Gasteiger partial charge in [0.1, 0.15) is 43.4 Å². The van der Waals surface area contributed by atoms with Gasteiger partial charge in [-0.3, -0.25) is 4.79 Å². The Kier molecular flexibility index (Phi) is 9.85. The van der Waals surface area contributed by atoms with E-state index >= 15 is 0 Å². The number of aliphatic hydroxyl groups is 3. The summed E-state index contributed by atoms with van der Waals surface area (Å²) < 4.78 is 26.5. The predicted molar refractivity (Wildman–Crippen MR) is 123 cm³/mol. The van der Waals surface area contributed by atoms with E-state index in [1.165, 1.54) is 25.5 Å². The molecule has 198 valence electrons. The first-order valence-corrected chi connectivity index (χ1v) is 11.5. The molecule has 6 atom stereocenters. The lowest BCUT2D eigenvalue weighted by atomic mass is 9.87. The van der Waals surface area contributed by atoms with Crippen LogP contribution in [0.1, 0.15) is 18.9 Å². The molecule has 11 heteroatoms. The summed E-state index contributed by atoms with van der Waals surface area (Å²) in [6.45, 7) is 1.69. The van der Waals surface area contributed by atoms with Gasteiger partial charge < -0.3 is 44.1 Å². The maximum atomic E-state index is 12.6. The topological polar surface area (TPSA) is 161 Å². The number of esters is 2. The molecule has 2 heterocycles. The number of hydrogen-bond donors (Lipinski definition) is 4. The highest BCUT2D eigenvalue weighted by Crippen LogP contribution is 2.30. The Balaban J connectivity index is 1.55. The SMILES string of the molecule is C/C=C1\COC=C(C(=O)OC)[C@H]1CC(=O)OCC1OC(OCCc2ccc(O)cc2)C(O)C(O)C1O. The van der Waals surface area contributed by atoms with Gasteiger partial charge in [-0.2, -0.15) is 0 Å². The van der Waals surface area contributed by atoms with Crippen molar-refractivity contribution in [2.24, 2.45) is 5.92 Å². The fourth-order valence-corrected chi connectivity index (χ4v) is 3.99. The van der Waals surface area contributed by atoms with Crippen LogP contribution < -0.4 is 0 Å². The lowest BCUT2D eigenvalue weighted by Gasteiger charge is -2.40. The van der Waals surface area contributed by atoms with Crippen LogP contribution in [0.2, 0.25) is 0 Å². The number of ether oxygens (including phenoxy) is 5. The largest absolute Gasteiger partial charge is 0.508 e. The van der Waals surface area contributed by atoms with Crippen molar-refractivity contribution >= 4 is 11.9 Å². The third-order valence-electron chi connectivity index (χ3n) is 6.13. The van der Waals surface area contributed by atoms with Gasteiger partial charge in [-0.05, 0) is 36.6 Å². The summed E-state index contributed by atoms with van der Waals surface area (Å²) in [7, 11) is 1.23. The van der Waals surface area contributed by atoms with Crippen LogP contribution in [0.25, 0.3) is 0 Å². The fourth-order valence-electron chi connectivity index (χ4n) is 3.99. The maximum absolute atomic E-state index is 12.6. The smallest absolute Gasteiger partial charge is 0.337 e. The predicted octanol–water partition coefficient (Wildman–Crippen LogP) is 0.342. The molecule has 0 radical (unpaired) electrons. The van der Waals surface area contributed by atoms with Crippen LogP contribution in [0.5, 0.6) is 5.75 Å². The Morgan fingerprint density at radius 2 is 1.83 bits per heavy atom. The zero-order chi connectivity index (χ0) is 26.2. The molecule has 2 aliphatic heterocycles. The molecule has 0 aliphatic carbocycles. The van der Waals surface area contributed by atoms with Crippen LogP contribution in [0.15, 0.2) is 47.7 Å². The number of phenolic OH excluding ortho intramolecular Hbond substituents is 1. The van der Waals surface area contributed by atoms with E-state index in [9.17, 15) is 30.0 Å². The summed E-state index contributed by atoms with van der Waals surface area (Å²) in [5.74, 6) is -1.75. The molecule has 3 rings (SSSR count). The number of aromatic hydroxyl groups is 1. The number of allylic oxidation sites excluding steroid dienone is 1. The summed E-state index contributed by atoms with van der Waals surface area (Å²) in [6.07, 6.45) is -3.75. The number of rotatable bonds is 9. The molecule has 0 saturated carbocycles. The molecular formula is C25H32O11. The Morgan fingerprint density at radius 1 is 1.11 bits per heavy atom. The Labute approximate surface area is 208 Å². The van der Waals surface area contributed by atoms with Crippen molar-refractivity contribution < 1.29 is 53.7 Å². The number of carbonyl (C=O) groups is 2. The second-order valence-electron chi connectivity index (χ2n) is 8.48. The zero-order valence-electron chi connectivity index (χ0n) is 20.1. The van der Waals surface area contributed by atoms with Crippen LogP contribution >= 0.6 is 0 Å². The number of methoxy groups -OCH3 is 1. The Bertz CT molecular complexity index is 955. The molecule has 1 saturated heterocycles. The second-order valence-corrected chi connectivity index (χ2v) is 8.48. The fraction of sp³-hybridized carbons (Fsp3) is 0.520. The molecule has 36 heavy (non-hydrogen) atoms. The first kappa shape index (κ1) is 27.6. The quantitative estimate of drug-likeness (QED) is 0.269. The van der Waals surface area contributed by atoms with Gasteiger partial charge in [0.2, 0.25) is 0 Å². The van der Waals surface area contributed by atoms with Gasteiger partial charge in [0.05, 0.1) is 32.0 Å². The summed E-state index contributed by atoms with van der Waals surface area (Å²) in [6, 6.07) is 6.51. The van der Waals surface area contributed by atoms with Gasteiger partial charge in [0, 0.05) is 5.92 Å². The third-order valence-corrected chi connectivity index (χ3v) is 6.13. The van der Waals surface area contributed by atoms with Crippen molar-refractivity contribution in [3.05, 3.63) is 53.3 Å². The minimum absolute atomic E-state index is 0.125. The molecule has 0 spiro atoms. The van der Waals surface area contributed by atoms with Gasteiger partial charge in [-0.1, -0.05) is 18.2 Å². The average molecular weight is 509 g/mol. The molecule has 0 bridgehead atoms. The lowest BCUT2D eigenvalue weighted by Crippen LogP contribution is -2.59. The third kappa shape index (κ3) is 6.83. The van der Waals surface area contributed by atoms with Crippen molar-refractivity contribution in [2.45, 2.75) is 50.5 Å². The first-order valence-electron chi connectivity index (χ1n) is 11.5. The normalized spacial score (nSPS) is 29.2. The molecular weight excluding hydrogens is 476 g/mol. The van der Waals surface area contributed by atoms with E-state index in [2.05, 4.69) is 0 Å². The number of hydrogen-bond acceptors (Lipinski definition) is 11. The van der Waals surface area contributed by atoms with Crippen molar-refractivity contribution in [3.63, 3.8) is 0 Å². The monoisotopic (exact) mass is 508 g/mol. The second kappa shape index (κ2) is 12.8. The van der Waals surface area contributed by atoms with E-state index in [1.54, 1.807) is 25.1 Å². The summed E-state index contributed by atoms with van der Waals surface area (Å²) in [4.78, 5) is 24.7. The molecule has 1 aromatic rings. The van der Waals surface area contributed by atoms with E-state index < -0.39 is 55.2 Å². The minimum Gasteiger partial charge on any atom is -0.508 e. The molecule has 4 N–H and O–H groups in total. The Morgan fingerprint density at radius 3 is 2.50 bits per heavy atom. The highest BCUT2D eigenvalue weighted by molar-refractivity contribution is 5.90. The van der Waals surface area contributed by atoms with Crippen LogP contribution in [-0.2, 0) is 39.7 Å². The molecule has 11 nitrogen and oxygen atoms in total. The Hall–Kier alpha value is -2.96. The van der Waals surface area contributed by atoms with Gasteiger partial charge in [0.15, 0.2) is 6.29 Å². The summed E-state index contributed by atoms with van der Waals surface area (Å²) in [5.41, 5.74) is 1.77. The van der Waals surface area contributed by atoms with Crippen LogP contribution in [0.4, 0.5) is 0 Å².